The predicted octanol–water partition coefficient (Wildman–Crippen LogP) is 5.26. The molecule has 10 nitrogen and oxygen atoms in total. The van der Waals surface area contributed by atoms with Gasteiger partial charge in [0.15, 0.2) is 0 Å². The van der Waals surface area contributed by atoms with E-state index in [0.29, 0.717) is 34.1 Å². The van der Waals surface area contributed by atoms with E-state index in [4.69, 9.17) is 19.9 Å². The number of nitrogens with two attached hydrogens (primary N) is 1. The fourth-order valence-electron chi connectivity index (χ4n) is 3.41. The van der Waals surface area contributed by atoms with E-state index in [1.54, 1.807) is 64.6 Å². The molecule has 1 aliphatic rings. The molecule has 38 heavy (non-hydrogen) atoms. The van der Waals surface area contributed by atoms with E-state index < -0.39 is 6.09 Å². The summed E-state index contributed by atoms with van der Waals surface area (Å²) in [6.07, 6.45) is 1.09. The molecule has 3 aromatic rings. The van der Waals surface area contributed by atoms with Gasteiger partial charge in [-0.3, -0.25) is 10.1 Å². The molecule has 0 saturated heterocycles. The van der Waals surface area contributed by atoms with Gasteiger partial charge in [-0.2, -0.15) is 10.1 Å². The molecule has 0 saturated carbocycles. The molecule has 0 aliphatic carbocycles. The van der Waals surface area contributed by atoms with Crippen LogP contribution in [0.3, 0.4) is 0 Å². The Morgan fingerprint density at radius 1 is 0.974 bits per heavy atom. The molecule has 10 heteroatoms. The zero-order valence-corrected chi connectivity index (χ0v) is 21.7. The highest BCUT2D eigenvalue weighted by molar-refractivity contribution is 6.29. The lowest BCUT2D eigenvalue weighted by Crippen LogP contribution is -2.22. The first kappa shape index (κ1) is 27.6. The highest BCUT2D eigenvalue weighted by Gasteiger charge is 2.28. The zero-order valence-electron chi connectivity index (χ0n) is 21.7. The summed E-state index contributed by atoms with van der Waals surface area (Å²) in [5, 5.41) is 11.4. The van der Waals surface area contributed by atoms with E-state index in [-0.39, 0.29) is 12.5 Å². The minimum absolute atomic E-state index is 0.254. The van der Waals surface area contributed by atoms with Crippen molar-refractivity contribution in [3.63, 3.8) is 0 Å². The van der Waals surface area contributed by atoms with Gasteiger partial charge >= 0.3 is 6.09 Å². The maximum atomic E-state index is 12.8. The van der Waals surface area contributed by atoms with Crippen molar-refractivity contribution >= 4 is 40.5 Å². The smallest absolute Gasteiger partial charge is 0.411 e. The number of hydrogen-bond acceptors (Lipinski definition) is 8. The molecule has 0 bridgehead atoms. The first-order valence-corrected chi connectivity index (χ1v) is 11.8. The molecule has 3 aromatic carbocycles. The Balaban J connectivity index is 0.000000375. The number of nitrogen functional groups attached to an aromatic ring is 1. The van der Waals surface area contributed by atoms with Crippen molar-refractivity contribution in [2.45, 2.75) is 13.8 Å². The van der Waals surface area contributed by atoms with Gasteiger partial charge in [0.2, 0.25) is 0 Å². The number of nitrogens with zero attached hydrogens (tertiary/aromatic N) is 2. The SMILES string of the molecule is CCOC(=O)Nc1ccc(N2N=C(C)/C(=C\Nc3ccccc3OC)C2=O)cc1.COc1ccccc1N. The molecule has 0 atom stereocenters. The van der Waals surface area contributed by atoms with Crippen LogP contribution >= 0.6 is 0 Å². The Labute approximate surface area is 221 Å². The fraction of sp³-hybridized carbons (Fsp3) is 0.179. The quantitative estimate of drug-likeness (QED) is 0.288. The molecule has 0 aromatic heterocycles. The standard InChI is InChI=1S/C21H22N4O4.C7H9NO/c1-4-29-21(27)23-15-9-11-16(12-10-15)25-20(26)17(14(2)24-25)13-22-18-7-5-6-8-19(18)28-3;1-9-7-5-3-2-4-6(7)8/h5-13,22H,4H2,1-3H3,(H,23,27);2-5H,8H2,1H3/b17-13+;. The highest BCUT2D eigenvalue weighted by atomic mass is 16.5. The summed E-state index contributed by atoms with van der Waals surface area (Å²) in [7, 11) is 3.19. The Kier molecular flexibility index (Phi) is 9.70. The van der Waals surface area contributed by atoms with Crippen molar-refractivity contribution in [2.75, 3.05) is 42.2 Å². The van der Waals surface area contributed by atoms with Gasteiger partial charge in [-0.15, -0.1) is 0 Å². The van der Waals surface area contributed by atoms with Gasteiger partial charge in [-0.1, -0.05) is 24.3 Å². The number of ether oxygens (including phenoxy) is 3. The van der Waals surface area contributed by atoms with Crippen LogP contribution in [-0.2, 0) is 9.53 Å². The van der Waals surface area contributed by atoms with E-state index in [1.807, 2.05) is 42.5 Å². The Morgan fingerprint density at radius 2 is 1.61 bits per heavy atom. The van der Waals surface area contributed by atoms with Crippen LogP contribution in [0.1, 0.15) is 13.8 Å². The first-order valence-electron chi connectivity index (χ1n) is 11.8. The van der Waals surface area contributed by atoms with Gasteiger partial charge in [0.25, 0.3) is 5.91 Å². The number of benzene rings is 3. The van der Waals surface area contributed by atoms with Crippen LogP contribution in [0.5, 0.6) is 11.5 Å². The van der Waals surface area contributed by atoms with Crippen LogP contribution in [0.4, 0.5) is 27.5 Å². The molecular formula is C28H31N5O5. The summed E-state index contributed by atoms with van der Waals surface area (Å²) in [6.45, 7) is 3.79. The second-order valence-corrected chi connectivity index (χ2v) is 7.84. The number of hydrazone groups is 1. The monoisotopic (exact) mass is 517 g/mol. The van der Waals surface area contributed by atoms with Crippen LogP contribution in [0.2, 0.25) is 0 Å². The van der Waals surface area contributed by atoms with Crippen LogP contribution in [0.25, 0.3) is 0 Å². The third kappa shape index (κ3) is 7.03. The molecule has 0 unspecified atom stereocenters. The van der Waals surface area contributed by atoms with Gasteiger partial charge in [0.05, 0.1) is 49.2 Å². The molecule has 198 valence electrons. The lowest BCUT2D eigenvalue weighted by atomic mass is 10.2. The minimum atomic E-state index is -0.529. The zero-order chi connectivity index (χ0) is 27.5. The second-order valence-electron chi connectivity index (χ2n) is 7.84. The lowest BCUT2D eigenvalue weighted by Gasteiger charge is -2.13. The van der Waals surface area contributed by atoms with Gasteiger partial charge < -0.3 is 25.3 Å². The first-order chi connectivity index (χ1) is 18.4. The number of anilines is 4. The van der Waals surface area contributed by atoms with Gasteiger partial charge in [0, 0.05) is 11.9 Å². The number of nitrogens with one attached hydrogen (secondary N) is 2. The van der Waals surface area contributed by atoms with Crippen molar-refractivity contribution < 1.29 is 23.8 Å². The Morgan fingerprint density at radius 3 is 2.21 bits per heavy atom. The highest BCUT2D eigenvalue weighted by Crippen LogP contribution is 2.27. The Hall–Kier alpha value is -4.99. The molecule has 0 fully saturated rings. The summed E-state index contributed by atoms with van der Waals surface area (Å²) >= 11 is 0. The predicted molar refractivity (Wildman–Crippen MR) is 150 cm³/mol. The normalized spacial score (nSPS) is 13.3. The van der Waals surface area contributed by atoms with Crippen molar-refractivity contribution in [3.8, 4) is 11.5 Å². The lowest BCUT2D eigenvalue weighted by molar-refractivity contribution is -0.114. The summed E-state index contributed by atoms with van der Waals surface area (Å²) < 4.78 is 15.1. The van der Waals surface area contributed by atoms with E-state index in [0.717, 1.165) is 11.4 Å². The largest absolute Gasteiger partial charge is 0.495 e. The van der Waals surface area contributed by atoms with E-state index in [9.17, 15) is 9.59 Å². The summed E-state index contributed by atoms with van der Waals surface area (Å²) in [5.41, 5.74) is 9.12. The van der Waals surface area contributed by atoms with E-state index >= 15 is 0 Å². The summed E-state index contributed by atoms with van der Waals surface area (Å²) in [5.74, 6) is 1.15. The number of amides is 2. The Bertz CT molecular complexity index is 1320. The van der Waals surface area contributed by atoms with Gasteiger partial charge in [0.1, 0.15) is 11.5 Å². The van der Waals surface area contributed by atoms with Crippen molar-refractivity contribution in [1.82, 2.24) is 0 Å². The summed E-state index contributed by atoms with van der Waals surface area (Å²) in [4.78, 5) is 24.3. The average molecular weight is 518 g/mol. The number of rotatable bonds is 7. The van der Waals surface area contributed by atoms with Crippen molar-refractivity contribution in [1.29, 1.82) is 0 Å². The maximum Gasteiger partial charge on any atom is 0.411 e. The van der Waals surface area contributed by atoms with E-state index in [1.165, 1.54) is 5.01 Å². The molecule has 4 N–H and O–H groups in total. The minimum Gasteiger partial charge on any atom is -0.495 e. The maximum absolute atomic E-state index is 12.8. The van der Waals surface area contributed by atoms with Crippen molar-refractivity contribution in [2.24, 2.45) is 5.10 Å². The topological polar surface area (TPSA) is 128 Å². The number of para-hydroxylation sites is 4. The second kappa shape index (κ2) is 13.4. The van der Waals surface area contributed by atoms with Gasteiger partial charge in [-0.25, -0.2) is 4.79 Å². The van der Waals surface area contributed by atoms with Crippen LogP contribution in [0, 0.1) is 0 Å². The molecule has 2 amide bonds. The molecule has 0 radical (unpaired) electrons. The van der Waals surface area contributed by atoms with Gasteiger partial charge in [-0.05, 0) is 62.4 Å². The summed E-state index contributed by atoms with van der Waals surface area (Å²) in [6, 6.07) is 21.6. The fourth-order valence-corrected chi connectivity index (χ4v) is 3.41. The molecule has 4 rings (SSSR count). The molecule has 1 aliphatic heterocycles. The van der Waals surface area contributed by atoms with Crippen LogP contribution < -0.4 is 30.8 Å². The third-order valence-corrected chi connectivity index (χ3v) is 5.31. The third-order valence-electron chi connectivity index (χ3n) is 5.31. The average Bonchev–Trinajstić information content (AvgIpc) is 3.21. The number of hydrogen-bond donors (Lipinski definition) is 3. The van der Waals surface area contributed by atoms with Crippen LogP contribution in [-0.4, -0.2) is 38.5 Å². The van der Waals surface area contributed by atoms with Crippen molar-refractivity contribution in [3.05, 3.63) is 84.6 Å². The molecular weight excluding hydrogens is 486 g/mol. The molecule has 1 heterocycles. The van der Waals surface area contributed by atoms with Crippen LogP contribution in [0.15, 0.2) is 89.7 Å². The molecule has 0 spiro atoms. The number of carbonyl (C=O) groups excluding carboxylic acids is 2. The number of carbonyl (C=O) groups is 2. The number of methoxy groups -OCH3 is 2. The van der Waals surface area contributed by atoms with E-state index in [2.05, 4.69) is 15.7 Å².